The number of aromatic nitrogens is 3. The highest BCUT2D eigenvalue weighted by atomic mass is 16.2. The molecule has 2 N–H and O–H groups in total. The molecule has 1 atom stereocenters. The molecular weight excluding hydrogens is 486 g/mol. The normalized spacial score (nSPS) is 17.6. The number of rotatable bonds is 7. The van der Waals surface area contributed by atoms with Gasteiger partial charge in [-0.05, 0) is 68.0 Å². The minimum absolute atomic E-state index is 0.0733. The molecule has 0 aliphatic heterocycles. The average molecular weight is 520 g/mol. The van der Waals surface area contributed by atoms with Gasteiger partial charge in [-0.15, -0.1) is 0 Å². The first-order valence-corrected chi connectivity index (χ1v) is 13.4. The summed E-state index contributed by atoms with van der Waals surface area (Å²) in [6.45, 7) is 2.02. The number of hydrogen-bond acceptors (Lipinski definition) is 5. The second-order valence-corrected chi connectivity index (χ2v) is 10.1. The number of amides is 2. The lowest BCUT2D eigenvalue weighted by Gasteiger charge is -2.38. The minimum atomic E-state index is -0.115. The van der Waals surface area contributed by atoms with Gasteiger partial charge in [0.15, 0.2) is 0 Å². The van der Waals surface area contributed by atoms with Crippen LogP contribution in [0.3, 0.4) is 0 Å². The van der Waals surface area contributed by atoms with Crippen LogP contribution in [0.5, 0.6) is 0 Å². The molecule has 0 bridgehead atoms. The molecular formula is C31H33N7O. The maximum absolute atomic E-state index is 13.8. The third kappa shape index (κ3) is 6.27. The summed E-state index contributed by atoms with van der Waals surface area (Å²) in [4.78, 5) is 20.1. The van der Waals surface area contributed by atoms with Crippen molar-refractivity contribution in [3.8, 4) is 17.2 Å². The molecule has 8 heteroatoms. The first kappa shape index (κ1) is 26.0. The summed E-state index contributed by atoms with van der Waals surface area (Å²) in [5.74, 6) is 0.773. The Balaban J connectivity index is 1.32. The Morgan fingerprint density at radius 1 is 1.00 bits per heavy atom. The Bertz CT molecular complexity index is 1420. The van der Waals surface area contributed by atoms with Gasteiger partial charge in [0.05, 0.1) is 17.8 Å². The number of carbonyl (C=O) groups is 1. The number of anilines is 2. The summed E-state index contributed by atoms with van der Waals surface area (Å²) in [6.07, 6.45) is 8.98. The molecule has 8 nitrogen and oxygen atoms in total. The van der Waals surface area contributed by atoms with Crippen LogP contribution >= 0.6 is 0 Å². The van der Waals surface area contributed by atoms with Crippen LogP contribution in [-0.2, 0) is 7.05 Å². The quantitative estimate of drug-likeness (QED) is 0.309. The molecule has 0 unspecified atom stereocenters. The number of hydrogen-bond donors (Lipinski definition) is 2. The Kier molecular flexibility index (Phi) is 7.88. The van der Waals surface area contributed by atoms with Crippen LogP contribution in [0, 0.1) is 11.3 Å². The number of benzene rings is 2. The fourth-order valence-electron chi connectivity index (χ4n) is 5.19. The van der Waals surface area contributed by atoms with Gasteiger partial charge < -0.3 is 10.6 Å². The van der Waals surface area contributed by atoms with E-state index in [1.807, 2.05) is 79.8 Å². The van der Waals surface area contributed by atoms with E-state index in [0.717, 1.165) is 53.9 Å². The topological polar surface area (TPSA) is 98.9 Å². The van der Waals surface area contributed by atoms with Crippen LogP contribution in [0.4, 0.5) is 16.3 Å². The van der Waals surface area contributed by atoms with Crippen LogP contribution in [-0.4, -0.2) is 32.9 Å². The smallest absolute Gasteiger partial charge is 0.322 e. The maximum atomic E-state index is 13.8. The molecule has 1 aliphatic carbocycles. The first-order valence-electron chi connectivity index (χ1n) is 13.4. The lowest BCUT2D eigenvalue weighted by molar-refractivity contribution is 0.238. The van der Waals surface area contributed by atoms with Crippen molar-refractivity contribution in [2.24, 2.45) is 7.05 Å². The third-order valence-corrected chi connectivity index (χ3v) is 7.35. The Hall–Kier alpha value is -4.64. The lowest BCUT2D eigenvalue weighted by atomic mass is 9.89. The van der Waals surface area contributed by atoms with Gasteiger partial charge in [0.25, 0.3) is 0 Å². The Morgan fingerprint density at radius 3 is 2.36 bits per heavy atom. The van der Waals surface area contributed by atoms with Gasteiger partial charge in [0.2, 0.25) is 0 Å². The molecule has 0 spiro atoms. The van der Waals surface area contributed by atoms with Crippen LogP contribution in [0.1, 0.15) is 49.8 Å². The summed E-state index contributed by atoms with van der Waals surface area (Å²) in [5, 5.41) is 20.0. The first-order chi connectivity index (χ1) is 19.0. The van der Waals surface area contributed by atoms with Gasteiger partial charge in [0, 0.05) is 42.8 Å². The van der Waals surface area contributed by atoms with Gasteiger partial charge in [-0.2, -0.15) is 10.4 Å². The zero-order valence-electron chi connectivity index (χ0n) is 22.3. The summed E-state index contributed by atoms with van der Waals surface area (Å²) in [6, 6.07) is 24.0. The zero-order chi connectivity index (χ0) is 27.2. The Morgan fingerprint density at radius 2 is 1.74 bits per heavy atom. The largest absolute Gasteiger partial charge is 0.367 e. The van der Waals surface area contributed by atoms with E-state index in [2.05, 4.69) is 38.9 Å². The molecule has 0 radical (unpaired) electrons. The minimum Gasteiger partial charge on any atom is -0.367 e. The van der Waals surface area contributed by atoms with Gasteiger partial charge in [-0.25, -0.2) is 9.78 Å². The second-order valence-electron chi connectivity index (χ2n) is 10.1. The number of urea groups is 1. The molecule has 2 amide bonds. The molecule has 0 saturated heterocycles. The molecule has 198 valence electrons. The molecule has 1 aliphatic rings. The number of carbonyl (C=O) groups excluding carboxylic acids is 1. The fraction of sp³-hybridized carbons (Fsp3) is 0.290. The molecule has 2 aromatic heterocycles. The lowest BCUT2D eigenvalue weighted by Crippen LogP contribution is -2.49. The summed E-state index contributed by atoms with van der Waals surface area (Å²) >= 11 is 0. The summed E-state index contributed by atoms with van der Waals surface area (Å²) < 4.78 is 1.79. The molecule has 1 saturated carbocycles. The van der Waals surface area contributed by atoms with Crippen molar-refractivity contribution in [2.75, 3.05) is 10.2 Å². The summed E-state index contributed by atoms with van der Waals surface area (Å²) in [7, 11) is 1.90. The predicted octanol–water partition coefficient (Wildman–Crippen LogP) is 6.05. The van der Waals surface area contributed by atoms with Crippen molar-refractivity contribution in [3.05, 3.63) is 96.4 Å². The zero-order valence-corrected chi connectivity index (χ0v) is 22.3. The Labute approximate surface area is 229 Å². The highest BCUT2D eigenvalue weighted by molar-refractivity contribution is 5.93. The van der Waals surface area contributed by atoms with Gasteiger partial charge in [0.1, 0.15) is 11.9 Å². The predicted molar refractivity (Wildman–Crippen MR) is 153 cm³/mol. The number of aryl methyl sites for hydroxylation is 1. The van der Waals surface area contributed by atoms with E-state index in [0.29, 0.717) is 5.56 Å². The van der Waals surface area contributed by atoms with E-state index >= 15 is 0 Å². The number of pyridine rings is 1. The van der Waals surface area contributed by atoms with Crippen molar-refractivity contribution < 1.29 is 4.79 Å². The second kappa shape index (κ2) is 11.8. The standard InChI is InChI=1S/C31H33N7O/c1-22(24-6-4-3-5-7-24)35-31(39)38(28-13-9-25(10-14-28)26-20-34-37(2)21-26)29-15-11-27(12-16-29)36-30-17-8-23(18-32)19-33-30/h3-10,13-14,17,19-22,27,29H,11-12,15-16H2,1-2H3,(H,33,36)(H,35,39)/t22-,27-,29-/m1/s1. The SMILES string of the molecule is C[C@@H](NC(=O)N(c1ccc(-c2cnn(C)c2)cc1)[C@H]1CC[C@H](Nc2ccc(C#N)cn2)CC1)c1ccccc1. The number of nitrogens with zero attached hydrogens (tertiary/aromatic N) is 5. The van der Waals surface area contributed by atoms with Gasteiger partial charge in [-0.1, -0.05) is 42.5 Å². The van der Waals surface area contributed by atoms with Crippen LogP contribution < -0.4 is 15.5 Å². The monoisotopic (exact) mass is 519 g/mol. The van der Waals surface area contributed by atoms with Crippen molar-refractivity contribution >= 4 is 17.5 Å². The molecule has 4 aromatic rings. The van der Waals surface area contributed by atoms with Gasteiger partial charge >= 0.3 is 6.03 Å². The molecule has 39 heavy (non-hydrogen) atoms. The van der Waals surface area contributed by atoms with Crippen LogP contribution in [0.15, 0.2) is 85.3 Å². The van der Waals surface area contributed by atoms with Crippen LogP contribution in [0.2, 0.25) is 0 Å². The highest BCUT2D eigenvalue weighted by Crippen LogP contribution is 2.31. The van der Waals surface area contributed by atoms with E-state index in [9.17, 15) is 4.79 Å². The van der Waals surface area contributed by atoms with Crippen molar-refractivity contribution in [1.29, 1.82) is 5.26 Å². The van der Waals surface area contributed by atoms with Crippen molar-refractivity contribution in [3.63, 3.8) is 0 Å². The number of nitriles is 1. The third-order valence-electron chi connectivity index (χ3n) is 7.35. The molecule has 2 heterocycles. The molecule has 1 fully saturated rings. The van der Waals surface area contributed by atoms with Gasteiger partial charge in [-0.3, -0.25) is 9.58 Å². The molecule has 5 rings (SSSR count). The van der Waals surface area contributed by atoms with E-state index < -0.39 is 0 Å². The van der Waals surface area contributed by atoms with E-state index in [-0.39, 0.29) is 24.2 Å². The van der Waals surface area contributed by atoms with E-state index in [1.54, 1.807) is 16.9 Å². The average Bonchev–Trinajstić information content (AvgIpc) is 3.41. The van der Waals surface area contributed by atoms with Crippen LogP contribution in [0.25, 0.3) is 11.1 Å². The fourth-order valence-corrected chi connectivity index (χ4v) is 5.19. The number of nitrogens with one attached hydrogen (secondary N) is 2. The maximum Gasteiger partial charge on any atom is 0.322 e. The van der Waals surface area contributed by atoms with E-state index in [1.165, 1.54) is 0 Å². The van der Waals surface area contributed by atoms with Crippen molar-refractivity contribution in [2.45, 2.75) is 50.7 Å². The summed E-state index contributed by atoms with van der Waals surface area (Å²) in [5.41, 5.74) is 4.60. The highest BCUT2D eigenvalue weighted by Gasteiger charge is 2.31. The van der Waals surface area contributed by atoms with Crippen molar-refractivity contribution in [1.82, 2.24) is 20.1 Å². The molecule has 2 aromatic carbocycles. The van der Waals surface area contributed by atoms with E-state index in [4.69, 9.17) is 5.26 Å².